The minimum Gasteiger partial charge on any atom is -0.506 e. The standard InChI is InChI=1S/C20H15Cl2N3O2/c21-13-8-15(18(26)16(22)9-13)19-24-17-6-2-1-5-14(17)20(27)25(19)11-12-4-3-7-23-10-12/h1-10,19,24,26H,11H2/t19-/m0/s1. The number of hydrogen-bond donors (Lipinski definition) is 2. The van der Waals surface area contributed by atoms with Crippen LogP contribution in [0.3, 0.4) is 0 Å². The van der Waals surface area contributed by atoms with Crippen LogP contribution in [0, 0.1) is 0 Å². The van der Waals surface area contributed by atoms with Crippen molar-refractivity contribution in [3.63, 3.8) is 0 Å². The van der Waals surface area contributed by atoms with Crippen molar-refractivity contribution in [3.8, 4) is 5.75 Å². The molecule has 136 valence electrons. The lowest BCUT2D eigenvalue weighted by molar-refractivity contribution is 0.0664. The second-order valence-corrected chi connectivity index (χ2v) is 7.06. The minimum atomic E-state index is -0.635. The number of benzene rings is 2. The predicted molar refractivity (Wildman–Crippen MR) is 105 cm³/mol. The molecule has 1 amide bonds. The molecule has 5 nitrogen and oxygen atoms in total. The number of aromatic hydroxyl groups is 1. The van der Waals surface area contributed by atoms with Gasteiger partial charge in [0.05, 0.1) is 10.6 Å². The Labute approximate surface area is 166 Å². The van der Waals surface area contributed by atoms with Crippen molar-refractivity contribution in [2.75, 3.05) is 5.32 Å². The van der Waals surface area contributed by atoms with E-state index in [2.05, 4.69) is 10.3 Å². The van der Waals surface area contributed by atoms with Gasteiger partial charge in [-0.25, -0.2) is 0 Å². The third-order valence-corrected chi connectivity index (χ3v) is 4.96. The summed E-state index contributed by atoms with van der Waals surface area (Å²) < 4.78 is 0. The number of fused-ring (bicyclic) bond motifs is 1. The molecule has 1 aliphatic rings. The van der Waals surface area contributed by atoms with Gasteiger partial charge in [-0.1, -0.05) is 41.4 Å². The lowest BCUT2D eigenvalue weighted by atomic mass is 10.0. The van der Waals surface area contributed by atoms with E-state index in [9.17, 15) is 9.90 Å². The molecule has 0 saturated heterocycles. The summed E-state index contributed by atoms with van der Waals surface area (Å²) in [6.45, 7) is 0.308. The molecule has 1 aliphatic heterocycles. The summed E-state index contributed by atoms with van der Waals surface area (Å²) in [7, 11) is 0. The number of nitrogens with zero attached hydrogens (tertiary/aromatic N) is 2. The average Bonchev–Trinajstić information content (AvgIpc) is 2.68. The Morgan fingerprint density at radius 2 is 1.96 bits per heavy atom. The number of para-hydroxylation sites is 1. The molecule has 27 heavy (non-hydrogen) atoms. The van der Waals surface area contributed by atoms with Crippen molar-refractivity contribution in [3.05, 3.63) is 87.7 Å². The SMILES string of the molecule is O=C1c2ccccc2N[C@H](c2cc(Cl)cc(Cl)c2O)N1Cc1cccnc1. The maximum absolute atomic E-state index is 13.2. The number of carbonyl (C=O) groups excluding carboxylic acids is 1. The number of aromatic nitrogens is 1. The van der Waals surface area contributed by atoms with Gasteiger partial charge in [-0.2, -0.15) is 0 Å². The number of nitrogens with one attached hydrogen (secondary N) is 1. The molecule has 0 unspecified atom stereocenters. The van der Waals surface area contributed by atoms with Gasteiger partial charge in [0.25, 0.3) is 5.91 Å². The van der Waals surface area contributed by atoms with Crippen molar-refractivity contribution >= 4 is 34.8 Å². The molecule has 0 spiro atoms. The van der Waals surface area contributed by atoms with E-state index in [4.69, 9.17) is 23.2 Å². The van der Waals surface area contributed by atoms with Crippen molar-refractivity contribution in [2.45, 2.75) is 12.7 Å². The van der Waals surface area contributed by atoms with E-state index >= 15 is 0 Å². The van der Waals surface area contributed by atoms with Crippen molar-refractivity contribution < 1.29 is 9.90 Å². The van der Waals surface area contributed by atoms with Gasteiger partial charge in [0, 0.05) is 35.2 Å². The Bertz CT molecular complexity index is 1010. The summed E-state index contributed by atoms with van der Waals surface area (Å²) in [5, 5.41) is 14.3. The Kier molecular flexibility index (Phi) is 4.64. The smallest absolute Gasteiger partial charge is 0.258 e. The molecule has 2 aromatic carbocycles. The van der Waals surface area contributed by atoms with Crippen LogP contribution in [0.25, 0.3) is 0 Å². The fraction of sp³-hybridized carbons (Fsp3) is 0.100. The second kappa shape index (κ2) is 7.10. The van der Waals surface area contributed by atoms with Gasteiger partial charge in [0.15, 0.2) is 0 Å². The van der Waals surface area contributed by atoms with E-state index in [1.54, 1.807) is 29.4 Å². The highest BCUT2D eigenvalue weighted by Crippen LogP contribution is 2.41. The molecule has 0 aliphatic carbocycles. The normalized spacial score (nSPS) is 16.0. The first-order valence-electron chi connectivity index (χ1n) is 8.28. The van der Waals surface area contributed by atoms with Crippen LogP contribution in [0.15, 0.2) is 60.9 Å². The van der Waals surface area contributed by atoms with Gasteiger partial charge in [0.2, 0.25) is 0 Å². The Hall–Kier alpha value is -2.76. The molecule has 1 atom stereocenters. The number of pyridine rings is 1. The molecule has 2 N–H and O–H groups in total. The van der Waals surface area contributed by atoms with Gasteiger partial charge < -0.3 is 15.3 Å². The second-order valence-electron chi connectivity index (χ2n) is 6.21. The topological polar surface area (TPSA) is 65.5 Å². The Morgan fingerprint density at radius 3 is 2.74 bits per heavy atom. The number of halogens is 2. The molecule has 0 bridgehead atoms. The molecule has 2 heterocycles. The molecule has 0 radical (unpaired) electrons. The zero-order chi connectivity index (χ0) is 19.0. The molecule has 7 heteroatoms. The fourth-order valence-corrected chi connectivity index (χ4v) is 3.69. The third kappa shape index (κ3) is 3.31. The maximum atomic E-state index is 13.2. The first-order chi connectivity index (χ1) is 13.0. The van der Waals surface area contributed by atoms with Crippen molar-refractivity contribution in [1.82, 2.24) is 9.88 Å². The molecule has 0 fully saturated rings. The van der Waals surface area contributed by atoms with Gasteiger partial charge in [0.1, 0.15) is 11.9 Å². The van der Waals surface area contributed by atoms with Crippen LogP contribution in [-0.4, -0.2) is 20.9 Å². The molecule has 0 saturated carbocycles. The highest BCUT2D eigenvalue weighted by atomic mass is 35.5. The predicted octanol–water partition coefficient (Wildman–Crippen LogP) is 4.86. The van der Waals surface area contributed by atoms with Crippen LogP contribution in [-0.2, 0) is 6.54 Å². The molecular weight excluding hydrogens is 385 g/mol. The number of hydrogen-bond acceptors (Lipinski definition) is 4. The lowest BCUT2D eigenvalue weighted by Gasteiger charge is -2.38. The quantitative estimate of drug-likeness (QED) is 0.659. The first kappa shape index (κ1) is 17.6. The van der Waals surface area contributed by atoms with Crippen LogP contribution in [0.1, 0.15) is 27.7 Å². The average molecular weight is 400 g/mol. The van der Waals surface area contributed by atoms with Crippen LogP contribution in [0.2, 0.25) is 10.0 Å². The van der Waals surface area contributed by atoms with Gasteiger partial charge in [-0.05, 0) is 35.9 Å². The highest BCUT2D eigenvalue weighted by molar-refractivity contribution is 6.35. The van der Waals surface area contributed by atoms with Gasteiger partial charge in [-0.3, -0.25) is 9.78 Å². The summed E-state index contributed by atoms with van der Waals surface area (Å²) in [6.07, 6.45) is 2.74. The van der Waals surface area contributed by atoms with Crippen molar-refractivity contribution in [2.24, 2.45) is 0 Å². The zero-order valence-electron chi connectivity index (χ0n) is 14.1. The first-order valence-corrected chi connectivity index (χ1v) is 9.03. The summed E-state index contributed by atoms with van der Waals surface area (Å²) in [5.41, 5.74) is 2.54. The number of carbonyl (C=O) groups is 1. The number of phenols is 1. The monoisotopic (exact) mass is 399 g/mol. The van der Waals surface area contributed by atoms with E-state index < -0.39 is 6.17 Å². The van der Waals surface area contributed by atoms with Crippen LogP contribution < -0.4 is 5.32 Å². The number of phenolic OH excluding ortho intramolecular Hbond substituents is 1. The van der Waals surface area contributed by atoms with Crippen LogP contribution in [0.5, 0.6) is 5.75 Å². The molecule has 3 aromatic rings. The maximum Gasteiger partial charge on any atom is 0.258 e. The van der Waals surface area contributed by atoms with E-state index in [0.29, 0.717) is 28.4 Å². The lowest BCUT2D eigenvalue weighted by Crippen LogP contribution is -2.42. The fourth-order valence-electron chi connectivity index (χ4n) is 3.18. The van der Waals surface area contributed by atoms with E-state index in [-0.39, 0.29) is 16.7 Å². The van der Waals surface area contributed by atoms with Crippen LogP contribution in [0.4, 0.5) is 5.69 Å². The van der Waals surface area contributed by atoms with Gasteiger partial charge >= 0.3 is 0 Å². The third-order valence-electron chi connectivity index (χ3n) is 4.45. The number of anilines is 1. The van der Waals surface area contributed by atoms with Crippen molar-refractivity contribution in [1.29, 1.82) is 0 Å². The van der Waals surface area contributed by atoms with E-state index in [0.717, 1.165) is 5.56 Å². The molecule has 4 rings (SSSR count). The number of rotatable bonds is 3. The Balaban J connectivity index is 1.83. The minimum absolute atomic E-state index is 0.109. The van der Waals surface area contributed by atoms with Crippen LogP contribution >= 0.6 is 23.2 Å². The number of amides is 1. The largest absolute Gasteiger partial charge is 0.506 e. The molecular formula is C20H15Cl2N3O2. The summed E-state index contributed by atoms with van der Waals surface area (Å²) in [4.78, 5) is 18.9. The van der Waals surface area contributed by atoms with E-state index in [1.807, 2.05) is 30.3 Å². The summed E-state index contributed by atoms with van der Waals surface area (Å²) in [5.74, 6) is -0.268. The van der Waals surface area contributed by atoms with Gasteiger partial charge in [-0.15, -0.1) is 0 Å². The Morgan fingerprint density at radius 1 is 1.15 bits per heavy atom. The summed E-state index contributed by atoms with van der Waals surface area (Å²) >= 11 is 12.3. The molecule has 1 aromatic heterocycles. The van der Waals surface area contributed by atoms with E-state index in [1.165, 1.54) is 6.07 Å². The zero-order valence-corrected chi connectivity index (χ0v) is 15.6. The summed E-state index contributed by atoms with van der Waals surface area (Å²) in [6, 6.07) is 14.0. The highest BCUT2D eigenvalue weighted by Gasteiger charge is 2.34.